The highest BCUT2D eigenvalue weighted by atomic mass is 35.5. The summed E-state index contributed by atoms with van der Waals surface area (Å²) in [5, 5.41) is 6.65. The van der Waals surface area contributed by atoms with E-state index in [4.69, 9.17) is 16.0 Å². The fourth-order valence-corrected chi connectivity index (χ4v) is 2.78. The van der Waals surface area contributed by atoms with Crippen LogP contribution in [0.3, 0.4) is 0 Å². The van der Waals surface area contributed by atoms with Crippen molar-refractivity contribution in [3.63, 3.8) is 0 Å². The summed E-state index contributed by atoms with van der Waals surface area (Å²) < 4.78 is 5.33. The van der Waals surface area contributed by atoms with Crippen molar-refractivity contribution in [1.29, 1.82) is 0 Å². The first kappa shape index (κ1) is 15.5. The molecule has 8 heteroatoms. The van der Waals surface area contributed by atoms with Crippen LogP contribution in [0.25, 0.3) is 0 Å². The monoisotopic (exact) mass is 347 g/mol. The number of ketones is 2. The second kappa shape index (κ2) is 6.80. The van der Waals surface area contributed by atoms with Crippen LogP contribution in [-0.2, 0) is 11.2 Å². The molecule has 2 aromatic heterocycles. The third-order valence-electron chi connectivity index (χ3n) is 2.89. The summed E-state index contributed by atoms with van der Waals surface area (Å²) in [4.78, 5) is 29.2. The van der Waals surface area contributed by atoms with Crippen molar-refractivity contribution in [2.75, 3.05) is 0 Å². The molecule has 0 amide bonds. The van der Waals surface area contributed by atoms with E-state index in [9.17, 15) is 9.59 Å². The van der Waals surface area contributed by atoms with E-state index >= 15 is 0 Å². The molecule has 3 aromatic rings. The number of benzene rings is 1. The number of furan rings is 1. The average molecular weight is 348 g/mol. The Morgan fingerprint density at radius 1 is 1.22 bits per heavy atom. The normalized spacial score (nSPS) is 10.7. The van der Waals surface area contributed by atoms with E-state index in [1.54, 1.807) is 24.5 Å². The fraction of sp³-hybridized carbons (Fsp3) is 0.0667. The zero-order valence-corrected chi connectivity index (χ0v) is 13.2. The van der Waals surface area contributed by atoms with E-state index in [0.29, 0.717) is 10.8 Å². The molecule has 0 spiro atoms. The molecular weight excluding hydrogens is 338 g/mol. The van der Waals surface area contributed by atoms with E-state index < -0.39 is 11.6 Å². The van der Waals surface area contributed by atoms with Gasteiger partial charge in [-0.3, -0.25) is 14.7 Å². The number of nitrogens with one attached hydrogen (secondary N) is 1. The average Bonchev–Trinajstić information content (AvgIpc) is 3.21. The summed E-state index contributed by atoms with van der Waals surface area (Å²) in [6.07, 6.45) is 2.65. The lowest BCUT2D eigenvalue weighted by atomic mass is 10.1. The SMILES string of the molecule is O=C(Cc1cc(Sc2ccc(Cl)cc2)co1)C(=O)c1nc[nH]n1. The molecule has 0 radical (unpaired) electrons. The van der Waals surface area contributed by atoms with Gasteiger partial charge in [0.25, 0.3) is 5.78 Å². The topological polar surface area (TPSA) is 88.9 Å². The molecule has 2 heterocycles. The summed E-state index contributed by atoms with van der Waals surface area (Å²) in [7, 11) is 0. The van der Waals surface area contributed by atoms with Gasteiger partial charge in [-0.15, -0.1) is 5.10 Å². The Kier molecular flexibility index (Phi) is 4.59. The van der Waals surface area contributed by atoms with Gasteiger partial charge >= 0.3 is 0 Å². The number of halogens is 1. The zero-order chi connectivity index (χ0) is 16.2. The number of hydrogen-bond acceptors (Lipinski definition) is 6. The summed E-state index contributed by atoms with van der Waals surface area (Å²) >= 11 is 7.31. The number of carbonyl (C=O) groups is 2. The number of Topliss-reactive ketones (excluding diaryl/α,β-unsaturated/α-hetero) is 2. The first-order valence-corrected chi connectivity index (χ1v) is 7.75. The van der Waals surface area contributed by atoms with E-state index in [1.165, 1.54) is 18.1 Å². The highest BCUT2D eigenvalue weighted by Gasteiger charge is 2.21. The molecule has 3 rings (SSSR count). The Morgan fingerprint density at radius 3 is 2.70 bits per heavy atom. The molecule has 0 aliphatic rings. The van der Waals surface area contributed by atoms with E-state index in [1.807, 2.05) is 12.1 Å². The third-order valence-corrected chi connectivity index (χ3v) is 4.09. The van der Waals surface area contributed by atoms with Crippen LogP contribution in [0.15, 0.2) is 57.1 Å². The number of aromatic amines is 1. The van der Waals surface area contributed by atoms with Crippen LogP contribution in [0.2, 0.25) is 5.02 Å². The predicted molar refractivity (Wildman–Crippen MR) is 83.7 cm³/mol. The van der Waals surface area contributed by atoms with Crippen molar-refractivity contribution in [3.8, 4) is 0 Å². The van der Waals surface area contributed by atoms with Crippen LogP contribution >= 0.6 is 23.4 Å². The number of carbonyl (C=O) groups excluding carboxylic acids is 2. The number of rotatable bonds is 6. The van der Waals surface area contributed by atoms with Gasteiger partial charge in [0.1, 0.15) is 18.4 Å². The lowest BCUT2D eigenvalue weighted by Gasteiger charge is -1.97. The van der Waals surface area contributed by atoms with Crippen LogP contribution in [-0.4, -0.2) is 26.7 Å². The number of hydrogen-bond donors (Lipinski definition) is 1. The van der Waals surface area contributed by atoms with Crippen LogP contribution in [0.4, 0.5) is 0 Å². The zero-order valence-electron chi connectivity index (χ0n) is 11.7. The van der Waals surface area contributed by atoms with Crippen molar-refractivity contribution >= 4 is 34.9 Å². The lowest BCUT2D eigenvalue weighted by molar-refractivity contribution is -0.114. The molecule has 0 aliphatic carbocycles. The third kappa shape index (κ3) is 3.88. The van der Waals surface area contributed by atoms with Gasteiger partial charge in [-0.05, 0) is 30.3 Å². The Labute approximate surface area is 140 Å². The summed E-state index contributed by atoms with van der Waals surface area (Å²) in [5.74, 6) is -1.09. The van der Waals surface area contributed by atoms with Gasteiger partial charge in [-0.25, -0.2) is 4.98 Å². The van der Waals surface area contributed by atoms with Crippen molar-refractivity contribution in [2.24, 2.45) is 0 Å². The van der Waals surface area contributed by atoms with Crippen LogP contribution in [0.1, 0.15) is 16.4 Å². The number of nitrogens with zero attached hydrogens (tertiary/aromatic N) is 2. The predicted octanol–water partition coefficient (Wildman–Crippen LogP) is 3.20. The maximum atomic E-state index is 11.9. The Hall–Kier alpha value is -2.38. The highest BCUT2D eigenvalue weighted by Crippen LogP contribution is 2.30. The van der Waals surface area contributed by atoms with Crippen molar-refractivity contribution < 1.29 is 14.0 Å². The van der Waals surface area contributed by atoms with E-state index in [2.05, 4.69) is 15.2 Å². The first-order valence-electron chi connectivity index (χ1n) is 6.56. The molecular formula is C15H10ClN3O3S. The molecule has 0 bridgehead atoms. The second-order valence-electron chi connectivity index (χ2n) is 4.56. The number of H-pyrrole nitrogens is 1. The molecule has 1 N–H and O–H groups in total. The van der Waals surface area contributed by atoms with Gasteiger partial charge in [-0.1, -0.05) is 23.4 Å². The molecule has 116 valence electrons. The van der Waals surface area contributed by atoms with Crippen molar-refractivity contribution in [1.82, 2.24) is 15.2 Å². The van der Waals surface area contributed by atoms with Gasteiger partial charge in [0, 0.05) is 9.92 Å². The van der Waals surface area contributed by atoms with Gasteiger partial charge in [0.05, 0.1) is 11.3 Å². The Balaban J connectivity index is 1.64. The van der Waals surface area contributed by atoms with E-state index in [0.717, 1.165) is 9.79 Å². The fourth-order valence-electron chi connectivity index (χ4n) is 1.83. The molecule has 23 heavy (non-hydrogen) atoms. The molecule has 0 unspecified atom stereocenters. The largest absolute Gasteiger partial charge is 0.468 e. The standard InChI is InChI=1S/C15H10ClN3O3S/c16-9-1-3-11(4-2-9)23-12-5-10(22-7-12)6-13(20)14(21)15-17-8-18-19-15/h1-5,7-8H,6H2,(H,17,18,19). The molecule has 0 saturated heterocycles. The summed E-state index contributed by atoms with van der Waals surface area (Å²) in [6, 6.07) is 9.09. The minimum Gasteiger partial charge on any atom is -0.468 e. The van der Waals surface area contributed by atoms with Crippen LogP contribution in [0.5, 0.6) is 0 Å². The summed E-state index contributed by atoms with van der Waals surface area (Å²) in [6.45, 7) is 0. The van der Waals surface area contributed by atoms with Gasteiger partial charge in [0.2, 0.25) is 11.6 Å². The molecule has 0 saturated carbocycles. The van der Waals surface area contributed by atoms with Crippen molar-refractivity contribution in [3.05, 3.63) is 59.5 Å². The van der Waals surface area contributed by atoms with E-state index in [-0.39, 0.29) is 12.2 Å². The highest BCUT2D eigenvalue weighted by molar-refractivity contribution is 7.99. The number of aromatic nitrogens is 3. The van der Waals surface area contributed by atoms with Crippen LogP contribution < -0.4 is 0 Å². The molecule has 0 fully saturated rings. The second-order valence-corrected chi connectivity index (χ2v) is 6.14. The van der Waals surface area contributed by atoms with Gasteiger partial charge < -0.3 is 4.42 Å². The van der Waals surface area contributed by atoms with Gasteiger partial charge in [-0.2, -0.15) is 0 Å². The van der Waals surface area contributed by atoms with Crippen LogP contribution in [0, 0.1) is 0 Å². The lowest BCUT2D eigenvalue weighted by Crippen LogP contribution is -2.17. The molecule has 0 aliphatic heterocycles. The van der Waals surface area contributed by atoms with Crippen molar-refractivity contribution in [2.45, 2.75) is 16.2 Å². The minimum absolute atomic E-state index is 0.130. The maximum Gasteiger partial charge on any atom is 0.268 e. The quantitative estimate of drug-likeness (QED) is 0.544. The Bertz CT molecular complexity index is 828. The smallest absolute Gasteiger partial charge is 0.268 e. The minimum atomic E-state index is -0.741. The Morgan fingerprint density at radius 2 is 2.00 bits per heavy atom. The maximum absolute atomic E-state index is 11.9. The first-order chi connectivity index (χ1) is 11.1. The molecule has 1 aromatic carbocycles. The van der Waals surface area contributed by atoms with Gasteiger partial charge in [0.15, 0.2) is 0 Å². The molecule has 0 atom stereocenters. The summed E-state index contributed by atoms with van der Waals surface area (Å²) in [5.41, 5.74) is 0. The molecule has 6 nitrogen and oxygen atoms in total.